The Kier molecular flexibility index (Phi) is 8.08. The molecule has 1 aromatic rings. The molecule has 0 unspecified atom stereocenters. The summed E-state index contributed by atoms with van der Waals surface area (Å²) in [4.78, 5) is 42.7. The molecule has 10 nitrogen and oxygen atoms in total. The van der Waals surface area contributed by atoms with Crippen LogP contribution in [0.15, 0.2) is 18.2 Å². The zero-order valence-electron chi connectivity index (χ0n) is 11.7. The Bertz CT molecular complexity index is 612. The maximum atomic E-state index is 10.8. The Hall–Kier alpha value is -2.30. The molecule has 0 aliphatic carbocycles. The van der Waals surface area contributed by atoms with Crippen LogP contribution in [0.1, 0.15) is 10.4 Å². The SMILES string of the molecule is O=C(O)COc1cc(OC(C(=O)O)C(=O)O)cc(C(=O)[O-])c1.[Na+]. The normalized spacial score (nSPS) is 9.61. The minimum Gasteiger partial charge on any atom is -0.545 e. The van der Waals surface area contributed by atoms with E-state index in [9.17, 15) is 24.3 Å². The Morgan fingerprint density at radius 1 is 1.00 bits per heavy atom. The van der Waals surface area contributed by atoms with Crippen molar-refractivity contribution in [1.82, 2.24) is 0 Å². The number of ether oxygens (including phenoxy) is 2. The van der Waals surface area contributed by atoms with Gasteiger partial charge in [-0.2, -0.15) is 0 Å². The van der Waals surface area contributed by atoms with E-state index in [1.807, 2.05) is 0 Å². The number of carbonyl (C=O) groups is 4. The van der Waals surface area contributed by atoms with E-state index in [0.717, 1.165) is 18.2 Å². The minimum absolute atomic E-state index is 0. The van der Waals surface area contributed by atoms with Gasteiger partial charge in [-0.3, -0.25) is 0 Å². The third kappa shape index (κ3) is 6.55. The van der Waals surface area contributed by atoms with Gasteiger partial charge in [0.05, 0.1) is 5.97 Å². The van der Waals surface area contributed by atoms with Gasteiger partial charge in [-0.05, 0) is 12.1 Å². The van der Waals surface area contributed by atoms with Crippen molar-refractivity contribution >= 4 is 23.9 Å². The largest absolute Gasteiger partial charge is 1.00 e. The van der Waals surface area contributed by atoms with Crippen LogP contribution in [0, 0.1) is 0 Å². The van der Waals surface area contributed by atoms with Crippen LogP contribution >= 0.6 is 0 Å². The number of rotatable bonds is 8. The van der Waals surface area contributed by atoms with Crippen LogP contribution in [0.3, 0.4) is 0 Å². The summed E-state index contributed by atoms with van der Waals surface area (Å²) in [5.41, 5.74) is -0.507. The Labute approximate surface area is 150 Å². The molecule has 0 bridgehead atoms. The van der Waals surface area contributed by atoms with Crippen molar-refractivity contribution in [3.05, 3.63) is 23.8 Å². The minimum atomic E-state index is -2.27. The number of carboxylic acids is 4. The summed E-state index contributed by atoms with van der Waals surface area (Å²) in [5.74, 6) is -7.34. The second kappa shape index (κ2) is 8.98. The predicted molar refractivity (Wildman–Crippen MR) is 63.6 cm³/mol. The summed E-state index contributed by atoms with van der Waals surface area (Å²) >= 11 is 0. The first-order valence-corrected chi connectivity index (χ1v) is 5.54. The molecule has 0 fully saturated rings. The van der Waals surface area contributed by atoms with Gasteiger partial charge < -0.3 is 34.7 Å². The van der Waals surface area contributed by atoms with Gasteiger partial charge in [0.15, 0.2) is 6.61 Å². The van der Waals surface area contributed by atoms with Crippen molar-refractivity contribution in [2.24, 2.45) is 0 Å². The van der Waals surface area contributed by atoms with E-state index in [1.54, 1.807) is 0 Å². The summed E-state index contributed by atoms with van der Waals surface area (Å²) in [6, 6.07) is 2.69. The standard InChI is InChI=1S/C12H10O10.Na/c13-8(14)4-21-6-1-5(10(15)16)2-7(3-6)22-9(11(17)18)12(19)20;/h1-3,9H,4H2,(H,13,14)(H,15,16)(H,17,18)(H,19,20);/q;+1/p-1. The van der Waals surface area contributed by atoms with Gasteiger partial charge in [0.25, 0.3) is 6.10 Å². The molecular formula is C12H9NaO10. The van der Waals surface area contributed by atoms with Gasteiger partial charge in [-0.25, -0.2) is 14.4 Å². The third-order valence-electron chi connectivity index (χ3n) is 2.18. The first kappa shape index (κ1) is 20.7. The smallest absolute Gasteiger partial charge is 0.545 e. The van der Waals surface area contributed by atoms with Gasteiger partial charge in [0, 0.05) is 11.6 Å². The van der Waals surface area contributed by atoms with Crippen molar-refractivity contribution in [3.63, 3.8) is 0 Å². The van der Waals surface area contributed by atoms with Crippen LogP contribution in [0.5, 0.6) is 11.5 Å². The van der Waals surface area contributed by atoms with Crippen molar-refractivity contribution in [2.75, 3.05) is 6.61 Å². The molecule has 0 spiro atoms. The number of aliphatic carboxylic acids is 3. The fourth-order valence-corrected chi connectivity index (χ4v) is 1.33. The molecule has 3 N–H and O–H groups in total. The maximum Gasteiger partial charge on any atom is 1.00 e. The van der Waals surface area contributed by atoms with Crippen molar-refractivity contribution in [1.29, 1.82) is 0 Å². The number of hydrogen-bond donors (Lipinski definition) is 3. The molecular weight excluding hydrogens is 327 g/mol. The van der Waals surface area contributed by atoms with Crippen LogP contribution in [-0.4, -0.2) is 51.9 Å². The average Bonchev–Trinajstić information content (AvgIpc) is 2.41. The topological polar surface area (TPSA) is 170 Å². The van der Waals surface area contributed by atoms with Crippen LogP contribution in [0.4, 0.5) is 0 Å². The van der Waals surface area contributed by atoms with E-state index >= 15 is 0 Å². The van der Waals surface area contributed by atoms with Crippen LogP contribution in [-0.2, 0) is 14.4 Å². The maximum absolute atomic E-state index is 10.8. The van der Waals surface area contributed by atoms with Crippen LogP contribution in [0.25, 0.3) is 0 Å². The number of aromatic carboxylic acids is 1. The molecule has 0 saturated carbocycles. The summed E-state index contributed by atoms with van der Waals surface area (Å²) in [6.07, 6.45) is -2.27. The van der Waals surface area contributed by atoms with Gasteiger partial charge in [0.2, 0.25) is 0 Å². The van der Waals surface area contributed by atoms with Gasteiger partial charge in [0.1, 0.15) is 11.5 Å². The van der Waals surface area contributed by atoms with Crippen LogP contribution in [0.2, 0.25) is 0 Å². The molecule has 0 saturated heterocycles. The van der Waals surface area contributed by atoms with Gasteiger partial charge in [-0.15, -0.1) is 0 Å². The monoisotopic (exact) mass is 336 g/mol. The van der Waals surface area contributed by atoms with E-state index in [0.29, 0.717) is 0 Å². The first-order valence-electron chi connectivity index (χ1n) is 5.54. The van der Waals surface area contributed by atoms with Crippen LogP contribution < -0.4 is 44.1 Å². The molecule has 118 valence electrons. The second-order valence-corrected chi connectivity index (χ2v) is 3.84. The van der Waals surface area contributed by atoms with E-state index in [2.05, 4.69) is 4.74 Å². The van der Waals surface area contributed by atoms with Gasteiger partial charge >= 0.3 is 47.5 Å². The van der Waals surface area contributed by atoms with E-state index in [-0.39, 0.29) is 35.3 Å². The number of carboxylic acid groups (broad SMARTS) is 4. The summed E-state index contributed by atoms with van der Waals surface area (Å²) < 4.78 is 9.39. The zero-order valence-corrected chi connectivity index (χ0v) is 13.7. The van der Waals surface area contributed by atoms with Gasteiger partial charge in [-0.1, -0.05) is 0 Å². The number of carbonyl (C=O) groups excluding carboxylic acids is 1. The molecule has 0 aromatic heterocycles. The van der Waals surface area contributed by atoms with Crippen molar-refractivity contribution in [2.45, 2.75) is 6.10 Å². The molecule has 0 aliphatic rings. The number of benzene rings is 1. The molecule has 1 aromatic carbocycles. The molecule has 0 heterocycles. The zero-order chi connectivity index (χ0) is 16.9. The summed E-state index contributed by atoms with van der Waals surface area (Å²) in [5, 5.41) is 36.7. The number of hydrogen-bond acceptors (Lipinski definition) is 7. The van der Waals surface area contributed by atoms with Crippen molar-refractivity contribution in [3.8, 4) is 11.5 Å². The fraction of sp³-hybridized carbons (Fsp3) is 0.167. The summed E-state index contributed by atoms with van der Waals surface area (Å²) in [6.45, 7) is -0.794. The predicted octanol–water partition coefficient (Wildman–Crippen LogP) is -4.57. The molecule has 0 atom stereocenters. The fourth-order valence-electron chi connectivity index (χ4n) is 1.33. The molecule has 0 amide bonds. The average molecular weight is 336 g/mol. The molecule has 1 rings (SSSR count). The molecule has 0 aliphatic heterocycles. The second-order valence-electron chi connectivity index (χ2n) is 3.84. The summed E-state index contributed by atoms with van der Waals surface area (Å²) in [7, 11) is 0. The Morgan fingerprint density at radius 2 is 1.52 bits per heavy atom. The van der Waals surface area contributed by atoms with Crippen molar-refractivity contribution < 1.29 is 78.6 Å². The quantitative estimate of drug-likeness (QED) is 0.310. The Balaban J connectivity index is 0.00000484. The third-order valence-corrected chi connectivity index (χ3v) is 2.18. The molecule has 23 heavy (non-hydrogen) atoms. The first-order chi connectivity index (χ1) is 10.2. The molecule has 11 heteroatoms. The Morgan fingerprint density at radius 3 is 1.96 bits per heavy atom. The molecule has 0 radical (unpaired) electrons. The van der Waals surface area contributed by atoms with E-state index in [4.69, 9.17) is 20.1 Å². The van der Waals surface area contributed by atoms with E-state index < -0.39 is 47.9 Å². The van der Waals surface area contributed by atoms with E-state index in [1.165, 1.54) is 0 Å².